The van der Waals surface area contributed by atoms with E-state index in [9.17, 15) is 4.79 Å². The van der Waals surface area contributed by atoms with E-state index < -0.39 is 0 Å². The quantitative estimate of drug-likeness (QED) is 0.377. The molecule has 0 saturated carbocycles. The summed E-state index contributed by atoms with van der Waals surface area (Å²) in [6, 6.07) is 10.6. The molecule has 0 atom stereocenters. The van der Waals surface area contributed by atoms with Gasteiger partial charge in [0.1, 0.15) is 5.75 Å². The first-order valence-corrected chi connectivity index (χ1v) is 10.3. The third-order valence-corrected chi connectivity index (χ3v) is 5.87. The fourth-order valence-corrected chi connectivity index (χ4v) is 4.14. The second-order valence-electron chi connectivity index (χ2n) is 6.03. The van der Waals surface area contributed by atoms with Crippen molar-refractivity contribution in [2.45, 2.75) is 26.3 Å². The average Bonchev–Trinajstić information content (AvgIpc) is 3.03. The Bertz CT molecular complexity index is 1130. The predicted octanol–water partition coefficient (Wildman–Crippen LogP) is 5.56. The van der Waals surface area contributed by atoms with E-state index in [4.69, 9.17) is 34.4 Å². The molecule has 7 heteroatoms. The van der Waals surface area contributed by atoms with E-state index >= 15 is 0 Å². The van der Waals surface area contributed by atoms with Crippen LogP contribution in [-0.2, 0) is 6.54 Å². The van der Waals surface area contributed by atoms with Crippen LogP contribution >= 0.6 is 34.5 Å². The molecule has 0 spiro atoms. The van der Waals surface area contributed by atoms with Crippen molar-refractivity contribution in [3.05, 3.63) is 56.8 Å². The Morgan fingerprint density at radius 2 is 2.14 bits per heavy atom. The van der Waals surface area contributed by atoms with Crippen molar-refractivity contribution in [2.24, 2.45) is 4.99 Å². The van der Waals surface area contributed by atoms with E-state index in [1.807, 2.05) is 12.1 Å². The highest BCUT2D eigenvalue weighted by atomic mass is 35.5. The van der Waals surface area contributed by atoms with Gasteiger partial charge in [-0.05, 0) is 36.8 Å². The molecule has 0 aliphatic heterocycles. The van der Waals surface area contributed by atoms with Crippen molar-refractivity contribution in [3.8, 4) is 18.1 Å². The molecule has 144 valence electrons. The van der Waals surface area contributed by atoms with Crippen LogP contribution in [0.2, 0.25) is 10.0 Å². The number of amides is 1. The zero-order chi connectivity index (χ0) is 20.1. The topological polar surface area (TPSA) is 43.6 Å². The molecule has 0 radical (unpaired) electrons. The Morgan fingerprint density at radius 3 is 2.89 bits per heavy atom. The molecule has 0 bridgehead atoms. The second-order valence-corrected chi connectivity index (χ2v) is 7.82. The van der Waals surface area contributed by atoms with Crippen molar-refractivity contribution in [1.29, 1.82) is 0 Å². The minimum Gasteiger partial charge on any atom is -0.494 e. The van der Waals surface area contributed by atoms with Gasteiger partial charge in [0.15, 0.2) is 4.80 Å². The molecule has 0 unspecified atom stereocenters. The Morgan fingerprint density at radius 1 is 1.32 bits per heavy atom. The van der Waals surface area contributed by atoms with Crippen molar-refractivity contribution < 1.29 is 9.53 Å². The molecule has 1 amide bonds. The van der Waals surface area contributed by atoms with E-state index in [-0.39, 0.29) is 12.5 Å². The molecule has 1 aromatic heterocycles. The first-order valence-electron chi connectivity index (χ1n) is 8.78. The highest BCUT2D eigenvalue weighted by Gasteiger charge is 2.14. The standard InChI is InChI=1S/C21H18Cl2N2O2S/c1-3-5-12-27-15-8-6-7-14(13-15)20(26)24-21-25(11-4-2)19-17(28-21)10-9-16(22)18(19)23/h2,6-10,13H,3,5,11-12H2,1H3. The Kier molecular flexibility index (Phi) is 6.79. The first-order chi connectivity index (χ1) is 13.5. The van der Waals surface area contributed by atoms with Crippen LogP contribution in [0, 0.1) is 12.3 Å². The number of unbranched alkanes of at least 4 members (excludes halogenated alkanes) is 1. The molecule has 28 heavy (non-hydrogen) atoms. The van der Waals surface area contributed by atoms with Crippen molar-refractivity contribution >= 4 is 50.7 Å². The minimum absolute atomic E-state index is 0.229. The molecule has 0 saturated heterocycles. The third kappa shape index (κ3) is 4.41. The van der Waals surface area contributed by atoms with Crippen molar-refractivity contribution in [1.82, 2.24) is 4.57 Å². The highest BCUT2D eigenvalue weighted by Crippen LogP contribution is 2.32. The third-order valence-electron chi connectivity index (χ3n) is 4.03. The Labute approximate surface area is 177 Å². The number of ether oxygens (including phenoxy) is 1. The van der Waals surface area contributed by atoms with Crippen LogP contribution in [0.25, 0.3) is 10.2 Å². The van der Waals surface area contributed by atoms with Crippen LogP contribution in [0.4, 0.5) is 0 Å². The molecule has 1 heterocycles. The van der Waals surface area contributed by atoms with E-state index in [1.54, 1.807) is 28.8 Å². The molecule has 2 aromatic carbocycles. The maximum atomic E-state index is 12.7. The number of carbonyl (C=O) groups is 1. The molecular formula is C21H18Cl2N2O2S. The van der Waals surface area contributed by atoms with Gasteiger partial charge in [-0.25, -0.2) is 0 Å². The molecular weight excluding hydrogens is 415 g/mol. The largest absolute Gasteiger partial charge is 0.494 e. The summed E-state index contributed by atoms with van der Waals surface area (Å²) in [5, 5.41) is 0.818. The predicted molar refractivity (Wildman–Crippen MR) is 115 cm³/mol. The highest BCUT2D eigenvalue weighted by molar-refractivity contribution is 7.16. The Hall–Kier alpha value is -2.26. The van der Waals surface area contributed by atoms with Crippen LogP contribution in [0.5, 0.6) is 5.75 Å². The molecule has 4 nitrogen and oxygen atoms in total. The van der Waals surface area contributed by atoms with Gasteiger partial charge >= 0.3 is 0 Å². The van der Waals surface area contributed by atoms with Crippen LogP contribution in [-0.4, -0.2) is 17.1 Å². The molecule has 0 fully saturated rings. The zero-order valence-corrected chi connectivity index (χ0v) is 17.6. The van der Waals surface area contributed by atoms with Gasteiger partial charge in [0.2, 0.25) is 0 Å². The smallest absolute Gasteiger partial charge is 0.279 e. The lowest BCUT2D eigenvalue weighted by molar-refractivity contribution is 0.0997. The lowest BCUT2D eigenvalue weighted by Crippen LogP contribution is -2.16. The number of rotatable bonds is 6. The molecule has 0 aliphatic carbocycles. The van der Waals surface area contributed by atoms with Crippen molar-refractivity contribution in [2.75, 3.05) is 6.61 Å². The number of carbonyl (C=O) groups excluding carboxylic acids is 1. The summed E-state index contributed by atoms with van der Waals surface area (Å²) < 4.78 is 8.26. The summed E-state index contributed by atoms with van der Waals surface area (Å²) in [5.41, 5.74) is 1.13. The number of aromatic nitrogens is 1. The van der Waals surface area contributed by atoms with Gasteiger partial charge in [-0.1, -0.05) is 59.9 Å². The molecule has 3 rings (SSSR count). The average molecular weight is 433 g/mol. The van der Waals surface area contributed by atoms with Gasteiger partial charge in [-0.15, -0.1) is 6.42 Å². The number of nitrogens with zero attached hydrogens (tertiary/aromatic N) is 2. The monoisotopic (exact) mass is 432 g/mol. The molecule has 3 aromatic rings. The summed E-state index contributed by atoms with van der Waals surface area (Å²) in [6.07, 6.45) is 7.50. The summed E-state index contributed by atoms with van der Waals surface area (Å²) >= 11 is 13.8. The van der Waals surface area contributed by atoms with Gasteiger partial charge in [0.25, 0.3) is 5.91 Å². The number of thiazole rings is 1. The van der Waals surface area contributed by atoms with Gasteiger partial charge in [-0.3, -0.25) is 4.79 Å². The Balaban J connectivity index is 2.01. The van der Waals surface area contributed by atoms with Crippen LogP contribution in [0.3, 0.4) is 0 Å². The number of terminal acetylenes is 1. The van der Waals surface area contributed by atoms with Gasteiger partial charge in [0.05, 0.1) is 33.4 Å². The maximum absolute atomic E-state index is 12.7. The zero-order valence-electron chi connectivity index (χ0n) is 15.2. The summed E-state index contributed by atoms with van der Waals surface area (Å²) in [4.78, 5) is 17.5. The number of fused-ring (bicyclic) bond motifs is 1. The molecule has 0 aliphatic rings. The fourth-order valence-electron chi connectivity index (χ4n) is 2.63. The van der Waals surface area contributed by atoms with Crippen LogP contribution in [0.15, 0.2) is 41.4 Å². The summed E-state index contributed by atoms with van der Waals surface area (Å²) in [7, 11) is 0. The first kappa shape index (κ1) is 20.5. The SMILES string of the molecule is C#CCn1c(=NC(=O)c2cccc(OCCCC)c2)sc2ccc(Cl)c(Cl)c21. The number of hydrogen-bond acceptors (Lipinski definition) is 3. The number of hydrogen-bond donors (Lipinski definition) is 0. The van der Waals surface area contributed by atoms with E-state index in [0.717, 1.165) is 17.5 Å². The van der Waals surface area contributed by atoms with Crippen LogP contribution in [0.1, 0.15) is 30.1 Å². The number of benzene rings is 2. The second kappa shape index (κ2) is 9.29. The van der Waals surface area contributed by atoms with Gasteiger partial charge in [-0.2, -0.15) is 4.99 Å². The fraction of sp³-hybridized carbons (Fsp3) is 0.238. The van der Waals surface area contributed by atoms with Crippen molar-refractivity contribution in [3.63, 3.8) is 0 Å². The normalized spacial score (nSPS) is 11.6. The summed E-state index contributed by atoms with van der Waals surface area (Å²) in [5.74, 6) is 2.85. The number of halogens is 2. The van der Waals surface area contributed by atoms with Gasteiger partial charge in [0, 0.05) is 5.56 Å². The minimum atomic E-state index is -0.375. The van der Waals surface area contributed by atoms with E-state index in [0.29, 0.717) is 38.3 Å². The van der Waals surface area contributed by atoms with E-state index in [2.05, 4.69) is 17.8 Å². The van der Waals surface area contributed by atoms with Crippen LogP contribution < -0.4 is 9.54 Å². The maximum Gasteiger partial charge on any atom is 0.279 e. The van der Waals surface area contributed by atoms with E-state index in [1.165, 1.54) is 11.3 Å². The summed E-state index contributed by atoms with van der Waals surface area (Å²) in [6.45, 7) is 2.94. The molecule has 0 N–H and O–H groups in total. The van der Waals surface area contributed by atoms with Gasteiger partial charge < -0.3 is 9.30 Å². The lowest BCUT2D eigenvalue weighted by atomic mass is 10.2. The lowest BCUT2D eigenvalue weighted by Gasteiger charge is -2.06.